The van der Waals surface area contributed by atoms with Crippen LogP contribution in [-0.4, -0.2) is 0 Å². The molecule has 0 heteroatoms. The second-order valence-electron chi connectivity index (χ2n) is 4.08. The topological polar surface area (TPSA) is 0 Å². The maximum Gasteiger partial charge on any atom is -0.0389 e. The summed E-state index contributed by atoms with van der Waals surface area (Å²) in [7, 11) is 0. The molecule has 2 atom stereocenters. The van der Waals surface area contributed by atoms with Crippen LogP contribution >= 0.6 is 0 Å². The van der Waals surface area contributed by atoms with E-state index in [0.29, 0.717) is 0 Å². The molecule has 12 heavy (non-hydrogen) atoms. The van der Waals surface area contributed by atoms with E-state index in [9.17, 15) is 0 Å². The first kappa shape index (κ1) is 12.0. The van der Waals surface area contributed by atoms with Crippen LogP contribution in [0.2, 0.25) is 0 Å². The Bertz CT molecular complexity index is 86.0. The van der Waals surface area contributed by atoms with Gasteiger partial charge < -0.3 is 0 Å². The van der Waals surface area contributed by atoms with Crippen molar-refractivity contribution >= 4 is 0 Å². The van der Waals surface area contributed by atoms with E-state index in [-0.39, 0.29) is 0 Å². The molecule has 0 spiro atoms. The molecule has 0 N–H and O–H groups in total. The van der Waals surface area contributed by atoms with Crippen LogP contribution in [0.5, 0.6) is 0 Å². The summed E-state index contributed by atoms with van der Waals surface area (Å²) in [6.45, 7) is 9.33. The molecule has 0 bridgehead atoms. The molecule has 0 radical (unpaired) electrons. The lowest BCUT2D eigenvalue weighted by Crippen LogP contribution is -2.10. The Morgan fingerprint density at radius 1 is 0.917 bits per heavy atom. The Hall–Kier alpha value is 0. The van der Waals surface area contributed by atoms with Crippen LogP contribution in [0, 0.1) is 11.8 Å². The fourth-order valence-electron chi connectivity index (χ4n) is 1.88. The van der Waals surface area contributed by atoms with E-state index in [0.717, 1.165) is 11.8 Å². The zero-order chi connectivity index (χ0) is 9.40. The van der Waals surface area contributed by atoms with Crippen LogP contribution < -0.4 is 0 Å². The lowest BCUT2D eigenvalue weighted by molar-refractivity contribution is 0.298. The van der Waals surface area contributed by atoms with Gasteiger partial charge in [-0.15, -0.1) is 0 Å². The Morgan fingerprint density at radius 3 is 2.00 bits per heavy atom. The van der Waals surface area contributed by atoms with E-state index in [2.05, 4.69) is 27.7 Å². The molecule has 0 aromatic rings. The molecule has 0 fully saturated rings. The minimum atomic E-state index is 0.941. The highest BCUT2D eigenvalue weighted by Gasteiger charge is 2.13. The maximum absolute atomic E-state index is 2.41. The first-order valence-corrected chi connectivity index (χ1v) is 5.76. The van der Waals surface area contributed by atoms with Crippen molar-refractivity contribution in [3.63, 3.8) is 0 Å². The highest BCUT2D eigenvalue weighted by Crippen LogP contribution is 2.25. The van der Waals surface area contributed by atoms with Gasteiger partial charge in [-0.3, -0.25) is 0 Å². The summed E-state index contributed by atoms with van der Waals surface area (Å²) in [6.07, 6.45) is 8.40. The molecule has 0 rings (SSSR count). The smallest absolute Gasteiger partial charge is 0.0389 e. The van der Waals surface area contributed by atoms with Crippen molar-refractivity contribution in [3.8, 4) is 0 Å². The van der Waals surface area contributed by atoms with Crippen molar-refractivity contribution in [2.24, 2.45) is 11.8 Å². The third kappa shape index (κ3) is 4.79. The molecule has 74 valence electrons. The monoisotopic (exact) mass is 170 g/mol. The van der Waals surface area contributed by atoms with Crippen molar-refractivity contribution in [1.29, 1.82) is 0 Å². The summed E-state index contributed by atoms with van der Waals surface area (Å²) in [5.41, 5.74) is 0. The fourth-order valence-corrected chi connectivity index (χ4v) is 1.88. The van der Waals surface area contributed by atoms with Gasteiger partial charge in [0.05, 0.1) is 0 Å². The molecule has 0 aromatic heterocycles. The fraction of sp³-hybridized carbons (Fsp3) is 1.00. The number of hydrogen-bond donors (Lipinski definition) is 0. The number of unbranched alkanes of at least 4 members (excludes halogenated alkanes) is 1. The van der Waals surface area contributed by atoms with Crippen LogP contribution in [0.1, 0.15) is 66.2 Å². The van der Waals surface area contributed by atoms with Gasteiger partial charge in [0.2, 0.25) is 0 Å². The second kappa shape index (κ2) is 7.64. The van der Waals surface area contributed by atoms with Crippen LogP contribution in [0.3, 0.4) is 0 Å². The molecule has 0 nitrogen and oxygen atoms in total. The molecule has 0 saturated heterocycles. The van der Waals surface area contributed by atoms with Crippen LogP contribution in [0.25, 0.3) is 0 Å². The van der Waals surface area contributed by atoms with Crippen molar-refractivity contribution in [1.82, 2.24) is 0 Å². The van der Waals surface area contributed by atoms with Gasteiger partial charge in [-0.05, 0) is 11.8 Å². The third-order valence-corrected chi connectivity index (χ3v) is 3.04. The number of hydrogen-bond acceptors (Lipinski definition) is 0. The summed E-state index contributed by atoms with van der Waals surface area (Å²) in [6, 6.07) is 0. The summed E-state index contributed by atoms with van der Waals surface area (Å²) in [5, 5.41) is 0. The van der Waals surface area contributed by atoms with Gasteiger partial charge in [-0.2, -0.15) is 0 Å². The highest BCUT2D eigenvalue weighted by molar-refractivity contribution is 4.64. The Kier molecular flexibility index (Phi) is 7.64. The molecule has 0 aromatic carbocycles. The van der Waals surface area contributed by atoms with Crippen LogP contribution in [0.15, 0.2) is 0 Å². The standard InChI is InChI=1S/C12H26/c1-5-8-10-12(9-6-2)11(4)7-3/h11-12H,5-10H2,1-4H3. The molecule has 0 aliphatic carbocycles. The van der Waals surface area contributed by atoms with E-state index >= 15 is 0 Å². The van der Waals surface area contributed by atoms with Crippen molar-refractivity contribution in [2.75, 3.05) is 0 Å². The van der Waals surface area contributed by atoms with Crippen molar-refractivity contribution < 1.29 is 0 Å². The van der Waals surface area contributed by atoms with Crippen LogP contribution in [-0.2, 0) is 0 Å². The largest absolute Gasteiger partial charge is 0.0654 e. The maximum atomic E-state index is 2.41. The van der Waals surface area contributed by atoms with Gasteiger partial charge in [-0.25, -0.2) is 0 Å². The predicted molar refractivity (Wildman–Crippen MR) is 57.4 cm³/mol. The van der Waals surface area contributed by atoms with E-state index in [1.54, 1.807) is 0 Å². The molecule has 0 aliphatic heterocycles. The minimum Gasteiger partial charge on any atom is -0.0654 e. The van der Waals surface area contributed by atoms with Crippen LogP contribution in [0.4, 0.5) is 0 Å². The first-order chi connectivity index (χ1) is 5.76. The average Bonchev–Trinajstić information content (AvgIpc) is 2.11. The summed E-state index contributed by atoms with van der Waals surface area (Å²) >= 11 is 0. The number of rotatable bonds is 7. The zero-order valence-corrected chi connectivity index (χ0v) is 9.40. The lowest BCUT2D eigenvalue weighted by Gasteiger charge is -2.22. The molecule has 2 unspecified atom stereocenters. The normalized spacial score (nSPS) is 16.0. The molecule has 0 saturated carbocycles. The summed E-state index contributed by atoms with van der Waals surface area (Å²) < 4.78 is 0. The van der Waals surface area contributed by atoms with Crippen molar-refractivity contribution in [2.45, 2.75) is 66.2 Å². The van der Waals surface area contributed by atoms with Gasteiger partial charge in [0.25, 0.3) is 0 Å². The zero-order valence-electron chi connectivity index (χ0n) is 9.40. The van der Waals surface area contributed by atoms with E-state index in [1.807, 2.05) is 0 Å². The highest BCUT2D eigenvalue weighted by atomic mass is 14.2. The third-order valence-electron chi connectivity index (χ3n) is 3.04. The van der Waals surface area contributed by atoms with Gasteiger partial charge >= 0.3 is 0 Å². The summed E-state index contributed by atoms with van der Waals surface area (Å²) in [5.74, 6) is 1.94. The van der Waals surface area contributed by atoms with E-state index in [1.165, 1.54) is 38.5 Å². The molecular weight excluding hydrogens is 144 g/mol. The molecule has 0 aliphatic rings. The van der Waals surface area contributed by atoms with Crippen molar-refractivity contribution in [3.05, 3.63) is 0 Å². The van der Waals surface area contributed by atoms with Gasteiger partial charge in [0.15, 0.2) is 0 Å². The Morgan fingerprint density at radius 2 is 1.58 bits per heavy atom. The lowest BCUT2D eigenvalue weighted by atomic mass is 9.84. The molecule has 0 heterocycles. The Balaban J connectivity index is 3.68. The average molecular weight is 170 g/mol. The summed E-state index contributed by atoms with van der Waals surface area (Å²) in [4.78, 5) is 0. The quantitative estimate of drug-likeness (QED) is 0.522. The van der Waals surface area contributed by atoms with Gasteiger partial charge in [-0.1, -0.05) is 66.2 Å². The second-order valence-corrected chi connectivity index (χ2v) is 4.08. The predicted octanol–water partition coefficient (Wildman–Crippen LogP) is 4.64. The Labute approximate surface area is 78.8 Å². The molecular formula is C12H26. The molecule has 0 amide bonds. The minimum absolute atomic E-state index is 0.941. The van der Waals surface area contributed by atoms with E-state index < -0.39 is 0 Å². The van der Waals surface area contributed by atoms with Gasteiger partial charge in [0.1, 0.15) is 0 Å². The first-order valence-electron chi connectivity index (χ1n) is 5.76. The SMILES string of the molecule is CCCCC(CCC)C(C)CC. The van der Waals surface area contributed by atoms with Gasteiger partial charge in [0, 0.05) is 0 Å². The van der Waals surface area contributed by atoms with E-state index in [4.69, 9.17) is 0 Å².